The van der Waals surface area contributed by atoms with Crippen LogP contribution in [-0.2, 0) is 9.59 Å². The SMILES string of the molecule is COc1ccc(NC(=O)CN2C(=O)C(=Nc3ccccc3)c3ccccc32)cc1. The van der Waals surface area contributed by atoms with Crippen LogP contribution in [-0.4, -0.2) is 31.2 Å². The van der Waals surface area contributed by atoms with E-state index >= 15 is 0 Å². The fourth-order valence-corrected chi connectivity index (χ4v) is 3.18. The molecule has 0 radical (unpaired) electrons. The number of rotatable bonds is 5. The Morgan fingerprint density at radius 3 is 2.38 bits per heavy atom. The Balaban J connectivity index is 1.56. The van der Waals surface area contributed by atoms with Crippen LogP contribution < -0.4 is 15.0 Å². The second-order valence-electron chi connectivity index (χ2n) is 6.48. The van der Waals surface area contributed by atoms with Crippen molar-refractivity contribution in [2.75, 3.05) is 23.9 Å². The Morgan fingerprint density at radius 1 is 0.966 bits per heavy atom. The number of hydrogen-bond donors (Lipinski definition) is 1. The first-order valence-corrected chi connectivity index (χ1v) is 9.14. The van der Waals surface area contributed by atoms with Crippen LogP contribution >= 0.6 is 0 Å². The lowest BCUT2D eigenvalue weighted by molar-refractivity contribution is -0.118. The highest BCUT2D eigenvalue weighted by Gasteiger charge is 2.34. The summed E-state index contributed by atoms with van der Waals surface area (Å²) in [4.78, 5) is 31.6. The third-order valence-corrected chi connectivity index (χ3v) is 4.57. The lowest BCUT2D eigenvalue weighted by atomic mass is 10.1. The van der Waals surface area contributed by atoms with Crippen molar-refractivity contribution >= 4 is 34.6 Å². The summed E-state index contributed by atoms with van der Waals surface area (Å²) in [6, 6.07) is 23.7. The Kier molecular flexibility index (Phi) is 5.07. The van der Waals surface area contributed by atoms with Gasteiger partial charge in [-0.25, -0.2) is 4.99 Å². The molecule has 1 heterocycles. The highest BCUT2D eigenvalue weighted by molar-refractivity contribution is 6.55. The molecule has 29 heavy (non-hydrogen) atoms. The summed E-state index contributed by atoms with van der Waals surface area (Å²) in [6.45, 7) is -0.102. The van der Waals surface area contributed by atoms with Gasteiger partial charge in [-0.2, -0.15) is 0 Å². The van der Waals surface area contributed by atoms with Gasteiger partial charge in [0.15, 0.2) is 0 Å². The molecule has 1 aliphatic rings. The van der Waals surface area contributed by atoms with E-state index in [1.165, 1.54) is 4.90 Å². The summed E-state index contributed by atoms with van der Waals surface area (Å²) in [6.07, 6.45) is 0. The van der Waals surface area contributed by atoms with E-state index in [1.54, 1.807) is 31.4 Å². The Labute approximate surface area is 168 Å². The lowest BCUT2D eigenvalue weighted by Gasteiger charge is -2.16. The van der Waals surface area contributed by atoms with Crippen LogP contribution in [0.25, 0.3) is 0 Å². The van der Waals surface area contributed by atoms with E-state index in [0.29, 0.717) is 28.5 Å². The molecule has 0 spiro atoms. The van der Waals surface area contributed by atoms with E-state index in [0.717, 1.165) is 5.56 Å². The van der Waals surface area contributed by atoms with Gasteiger partial charge in [-0.05, 0) is 42.5 Å². The molecule has 0 fully saturated rings. The molecule has 0 bridgehead atoms. The number of carbonyl (C=O) groups excluding carboxylic acids is 2. The lowest BCUT2D eigenvalue weighted by Crippen LogP contribution is -2.37. The largest absolute Gasteiger partial charge is 0.497 e. The second kappa shape index (κ2) is 7.98. The molecule has 3 aromatic rings. The van der Waals surface area contributed by atoms with Crippen LogP contribution in [0.4, 0.5) is 17.1 Å². The number of aliphatic imine (C=N–C) groups is 1. The summed E-state index contributed by atoms with van der Waals surface area (Å²) in [5.41, 5.74) is 3.06. The monoisotopic (exact) mass is 385 g/mol. The van der Waals surface area contributed by atoms with Crippen molar-refractivity contribution in [2.24, 2.45) is 4.99 Å². The number of benzene rings is 3. The third kappa shape index (κ3) is 3.87. The predicted octanol–water partition coefficient (Wildman–Crippen LogP) is 3.80. The van der Waals surface area contributed by atoms with Crippen LogP contribution in [0.5, 0.6) is 5.75 Å². The first kappa shape index (κ1) is 18.4. The van der Waals surface area contributed by atoms with E-state index in [1.807, 2.05) is 54.6 Å². The standard InChI is InChI=1S/C23H19N3O3/c1-29-18-13-11-17(12-14-18)24-21(27)15-26-20-10-6-5-9-19(20)22(23(26)28)25-16-7-3-2-4-8-16/h2-14H,15H2,1H3,(H,24,27). The van der Waals surface area contributed by atoms with Gasteiger partial charge in [0.25, 0.3) is 5.91 Å². The maximum absolute atomic E-state index is 13.0. The van der Waals surface area contributed by atoms with Crippen LogP contribution in [0.1, 0.15) is 5.56 Å². The number of nitrogens with zero attached hydrogens (tertiary/aromatic N) is 2. The predicted molar refractivity (Wildman–Crippen MR) is 113 cm³/mol. The topological polar surface area (TPSA) is 71.0 Å². The van der Waals surface area contributed by atoms with Gasteiger partial charge >= 0.3 is 0 Å². The van der Waals surface area contributed by atoms with E-state index in [2.05, 4.69) is 10.3 Å². The van der Waals surface area contributed by atoms with Crippen molar-refractivity contribution in [2.45, 2.75) is 0 Å². The molecule has 0 aromatic heterocycles. The van der Waals surface area contributed by atoms with Crippen LogP contribution in [0.2, 0.25) is 0 Å². The number of anilines is 2. The molecule has 144 valence electrons. The Bertz CT molecular complexity index is 1080. The van der Waals surface area contributed by atoms with Gasteiger partial charge in [-0.15, -0.1) is 0 Å². The molecule has 1 aliphatic heterocycles. The zero-order valence-corrected chi connectivity index (χ0v) is 15.8. The van der Waals surface area contributed by atoms with Crippen molar-refractivity contribution in [3.8, 4) is 5.75 Å². The van der Waals surface area contributed by atoms with Gasteiger partial charge in [0.1, 0.15) is 18.0 Å². The second-order valence-corrected chi connectivity index (χ2v) is 6.48. The van der Waals surface area contributed by atoms with E-state index in [9.17, 15) is 9.59 Å². The normalized spacial score (nSPS) is 14.0. The number of carbonyl (C=O) groups is 2. The van der Waals surface area contributed by atoms with Crippen molar-refractivity contribution < 1.29 is 14.3 Å². The summed E-state index contributed by atoms with van der Waals surface area (Å²) in [5, 5.41) is 2.81. The number of hydrogen-bond acceptors (Lipinski definition) is 4. The van der Waals surface area contributed by atoms with Crippen molar-refractivity contribution in [3.05, 3.63) is 84.4 Å². The van der Waals surface area contributed by atoms with Gasteiger partial charge in [0.2, 0.25) is 5.91 Å². The molecule has 6 heteroatoms. The number of methoxy groups -OCH3 is 1. The zero-order valence-electron chi connectivity index (χ0n) is 15.8. The molecule has 0 atom stereocenters. The van der Waals surface area contributed by atoms with Gasteiger partial charge < -0.3 is 10.1 Å². The van der Waals surface area contributed by atoms with Gasteiger partial charge in [0.05, 0.1) is 18.5 Å². The van der Waals surface area contributed by atoms with Gasteiger partial charge in [0, 0.05) is 11.3 Å². The summed E-state index contributed by atoms with van der Waals surface area (Å²) in [5.74, 6) is 0.118. The average molecular weight is 385 g/mol. The first-order chi connectivity index (χ1) is 14.2. The quantitative estimate of drug-likeness (QED) is 0.726. The summed E-state index contributed by atoms with van der Waals surface area (Å²) >= 11 is 0. The number of para-hydroxylation sites is 2. The molecule has 6 nitrogen and oxygen atoms in total. The molecule has 3 aromatic carbocycles. The molecular weight excluding hydrogens is 366 g/mol. The fourth-order valence-electron chi connectivity index (χ4n) is 3.18. The molecule has 0 saturated carbocycles. The zero-order chi connectivity index (χ0) is 20.2. The maximum Gasteiger partial charge on any atom is 0.278 e. The molecule has 4 rings (SSSR count). The van der Waals surface area contributed by atoms with Crippen molar-refractivity contribution in [1.82, 2.24) is 0 Å². The van der Waals surface area contributed by atoms with E-state index in [4.69, 9.17) is 4.74 Å². The van der Waals surface area contributed by atoms with Crippen LogP contribution in [0.15, 0.2) is 83.9 Å². The van der Waals surface area contributed by atoms with Gasteiger partial charge in [-0.1, -0.05) is 36.4 Å². The number of ether oxygens (including phenoxy) is 1. The third-order valence-electron chi connectivity index (χ3n) is 4.57. The van der Waals surface area contributed by atoms with Crippen molar-refractivity contribution in [1.29, 1.82) is 0 Å². The minimum Gasteiger partial charge on any atom is -0.497 e. The van der Waals surface area contributed by atoms with Crippen LogP contribution in [0, 0.1) is 0 Å². The molecule has 0 saturated heterocycles. The molecule has 0 unspecified atom stereocenters. The Morgan fingerprint density at radius 2 is 1.66 bits per heavy atom. The Hall–Kier alpha value is -3.93. The highest BCUT2D eigenvalue weighted by Crippen LogP contribution is 2.30. The summed E-state index contributed by atoms with van der Waals surface area (Å²) < 4.78 is 5.12. The smallest absolute Gasteiger partial charge is 0.278 e. The molecular formula is C23H19N3O3. The van der Waals surface area contributed by atoms with Crippen LogP contribution in [0.3, 0.4) is 0 Å². The number of amides is 2. The maximum atomic E-state index is 13.0. The number of fused-ring (bicyclic) bond motifs is 1. The van der Waals surface area contributed by atoms with E-state index in [-0.39, 0.29) is 18.4 Å². The van der Waals surface area contributed by atoms with E-state index < -0.39 is 0 Å². The molecule has 2 amide bonds. The number of nitrogens with one attached hydrogen (secondary N) is 1. The highest BCUT2D eigenvalue weighted by atomic mass is 16.5. The molecule has 0 aliphatic carbocycles. The minimum absolute atomic E-state index is 0.102. The summed E-state index contributed by atoms with van der Waals surface area (Å²) in [7, 11) is 1.58. The minimum atomic E-state index is -0.292. The molecule has 1 N–H and O–H groups in total. The van der Waals surface area contributed by atoms with Gasteiger partial charge in [-0.3, -0.25) is 14.5 Å². The first-order valence-electron chi connectivity index (χ1n) is 9.14. The van der Waals surface area contributed by atoms with Crippen molar-refractivity contribution in [3.63, 3.8) is 0 Å². The fraction of sp³-hybridized carbons (Fsp3) is 0.0870. The average Bonchev–Trinajstić information content (AvgIpc) is 3.01.